The van der Waals surface area contributed by atoms with Crippen LogP contribution in [0, 0.1) is 0 Å². The van der Waals surface area contributed by atoms with Gasteiger partial charge in [-0.15, -0.1) is 24.0 Å². The summed E-state index contributed by atoms with van der Waals surface area (Å²) in [4.78, 5) is 1.43. The van der Waals surface area contributed by atoms with E-state index in [0.29, 0.717) is 0 Å². The van der Waals surface area contributed by atoms with Gasteiger partial charge >= 0.3 is 69.6 Å². The van der Waals surface area contributed by atoms with Crippen LogP contribution in [0.1, 0.15) is 0 Å². The van der Waals surface area contributed by atoms with Crippen LogP contribution in [0.15, 0.2) is 29.2 Å². The summed E-state index contributed by atoms with van der Waals surface area (Å²) >= 11 is 3.09. The minimum atomic E-state index is 0. The van der Waals surface area contributed by atoms with E-state index in [4.69, 9.17) is 0 Å². The van der Waals surface area contributed by atoms with Gasteiger partial charge in [-0.3, -0.25) is 0 Å². The fraction of sp³-hybridized carbons (Fsp3) is 0.143. The number of hydrogen-bond donors (Lipinski definition) is 0. The Labute approximate surface area is 92.9 Å². The summed E-state index contributed by atoms with van der Waals surface area (Å²) in [6.45, 7) is 0. The minimum absolute atomic E-state index is 0. The summed E-state index contributed by atoms with van der Waals surface area (Å²) in [5.41, 5.74) is 0. The van der Waals surface area contributed by atoms with Crippen molar-refractivity contribution in [3.8, 4) is 0 Å². The van der Waals surface area contributed by atoms with Crippen LogP contribution < -0.4 is 4.16 Å². The Kier molecular flexibility index (Phi) is 6.07. The maximum atomic E-state index is 2.19. The Morgan fingerprint density at radius 3 is 2.30 bits per heavy atom. The Morgan fingerprint density at radius 1 is 1.30 bits per heavy atom. The van der Waals surface area contributed by atoms with Gasteiger partial charge in [0.15, 0.2) is 0 Å². The maximum Gasteiger partial charge on any atom is -0.107 e. The maximum absolute atomic E-state index is 2.19. The zero-order chi connectivity index (χ0) is 6.69. The molecule has 10 heavy (non-hydrogen) atoms. The molecule has 0 N–H and O–H groups in total. The molecular formula is C7H8ISZn. The van der Waals surface area contributed by atoms with Crippen molar-refractivity contribution in [3.05, 3.63) is 24.3 Å². The summed E-state index contributed by atoms with van der Waals surface area (Å²) in [5.74, 6) is 0. The van der Waals surface area contributed by atoms with E-state index in [9.17, 15) is 0 Å². The van der Waals surface area contributed by atoms with Gasteiger partial charge in [0, 0.05) is 0 Å². The van der Waals surface area contributed by atoms with Gasteiger partial charge in [0.1, 0.15) is 0 Å². The van der Waals surface area contributed by atoms with Gasteiger partial charge in [0.25, 0.3) is 0 Å². The van der Waals surface area contributed by atoms with Crippen molar-refractivity contribution in [2.75, 3.05) is 6.26 Å². The Bertz CT molecular complexity index is 203. The molecule has 1 aromatic rings. The summed E-state index contributed by atoms with van der Waals surface area (Å²) in [5, 5.41) is 0. The summed E-state index contributed by atoms with van der Waals surface area (Å²) < 4.78 is 1.49. The van der Waals surface area contributed by atoms with E-state index in [1.165, 1.54) is 27.4 Å². The molecule has 0 bridgehead atoms. The largest absolute Gasteiger partial charge is 0.107 e. The number of rotatable bonds is 1. The molecule has 0 radical (unpaired) electrons. The van der Waals surface area contributed by atoms with Crippen LogP contribution in [0.3, 0.4) is 0 Å². The van der Waals surface area contributed by atoms with Gasteiger partial charge in [-0.1, -0.05) is 0 Å². The smallest absolute Gasteiger partial charge is 0.107 e. The van der Waals surface area contributed by atoms with Crippen LogP contribution >= 0.6 is 35.7 Å². The van der Waals surface area contributed by atoms with Crippen molar-refractivity contribution in [1.82, 2.24) is 0 Å². The van der Waals surface area contributed by atoms with Crippen LogP contribution in [0.25, 0.3) is 0 Å². The molecule has 1 rings (SSSR count). The van der Waals surface area contributed by atoms with Crippen molar-refractivity contribution in [2.45, 2.75) is 4.90 Å². The fourth-order valence-electron chi connectivity index (χ4n) is 0.703. The number of thioether (sulfide) groups is 1. The molecule has 0 amide bonds. The van der Waals surface area contributed by atoms with E-state index in [0.717, 1.165) is 0 Å². The number of benzene rings is 1. The van der Waals surface area contributed by atoms with Crippen LogP contribution in [0.5, 0.6) is 0 Å². The third-order valence-electron chi connectivity index (χ3n) is 1.19. The van der Waals surface area contributed by atoms with Crippen LogP contribution in [-0.2, 0) is 18.3 Å². The van der Waals surface area contributed by atoms with E-state index < -0.39 is 0 Å². The monoisotopic (exact) mass is 315 g/mol. The zero-order valence-electron chi connectivity index (χ0n) is 5.83. The van der Waals surface area contributed by atoms with Gasteiger partial charge in [-0.2, -0.15) is 0 Å². The predicted octanol–water partition coefficient (Wildman–Crippen LogP) is 2.20. The molecule has 0 nitrogen and oxygen atoms in total. The Hall–Kier alpha value is 0.923. The van der Waals surface area contributed by atoms with Crippen molar-refractivity contribution in [2.24, 2.45) is 0 Å². The molecule has 0 unspecified atom stereocenters. The van der Waals surface area contributed by atoms with E-state index in [1.807, 2.05) is 11.8 Å². The molecule has 3 heteroatoms. The van der Waals surface area contributed by atoms with Gasteiger partial charge in [0.2, 0.25) is 0 Å². The SMILES string of the molecule is CSc1cccc[c]1[Zn].I. The first-order chi connectivity index (χ1) is 4.34. The van der Waals surface area contributed by atoms with Crippen molar-refractivity contribution < 1.29 is 18.3 Å². The quantitative estimate of drug-likeness (QED) is 0.435. The second-order valence-electron chi connectivity index (χ2n) is 1.81. The number of halogens is 1. The molecule has 0 atom stereocenters. The molecule has 0 aliphatic heterocycles. The Morgan fingerprint density at radius 2 is 1.90 bits per heavy atom. The first kappa shape index (κ1) is 10.9. The molecular weight excluding hydrogens is 308 g/mol. The minimum Gasteiger partial charge on any atom is -0.107 e. The normalized spacial score (nSPS) is 8.70. The fourth-order valence-corrected chi connectivity index (χ4v) is 2.69. The topological polar surface area (TPSA) is 0 Å². The second kappa shape index (κ2) is 5.56. The summed E-state index contributed by atoms with van der Waals surface area (Å²) in [7, 11) is 0. The third kappa shape index (κ3) is 2.89. The van der Waals surface area contributed by atoms with Gasteiger partial charge in [-0.25, -0.2) is 0 Å². The molecule has 0 fully saturated rings. The average Bonchev–Trinajstić information content (AvgIpc) is 1.89. The molecule has 0 spiro atoms. The predicted molar refractivity (Wildman–Crippen MR) is 53.3 cm³/mol. The molecule has 0 aliphatic rings. The van der Waals surface area contributed by atoms with Crippen molar-refractivity contribution >= 4 is 39.9 Å². The van der Waals surface area contributed by atoms with Crippen LogP contribution in [0.2, 0.25) is 0 Å². The second-order valence-corrected chi connectivity index (χ2v) is 4.26. The standard InChI is InChI=1S/C7H7S.HI.Zn/c1-8-7-5-3-2-4-6-7;;/h2-5H,1H3;1H;. The Balaban J connectivity index is 0.000000810. The van der Waals surface area contributed by atoms with E-state index >= 15 is 0 Å². The first-order valence-electron chi connectivity index (χ1n) is 2.79. The molecule has 0 saturated carbocycles. The van der Waals surface area contributed by atoms with Crippen molar-refractivity contribution in [3.63, 3.8) is 0 Å². The van der Waals surface area contributed by atoms with E-state index in [-0.39, 0.29) is 24.0 Å². The molecule has 0 aromatic heterocycles. The van der Waals surface area contributed by atoms with Gasteiger partial charge in [0.05, 0.1) is 0 Å². The van der Waals surface area contributed by atoms with Gasteiger partial charge in [-0.05, 0) is 0 Å². The van der Waals surface area contributed by atoms with Crippen molar-refractivity contribution in [1.29, 1.82) is 0 Å². The first-order valence-corrected chi connectivity index (χ1v) is 5.50. The van der Waals surface area contributed by atoms with Gasteiger partial charge < -0.3 is 0 Å². The molecule has 0 aliphatic carbocycles. The average molecular weight is 317 g/mol. The molecule has 1 aromatic carbocycles. The molecule has 51 valence electrons. The molecule has 0 heterocycles. The van der Waals surface area contributed by atoms with E-state index in [2.05, 4.69) is 30.5 Å². The number of hydrogen-bond acceptors (Lipinski definition) is 1. The van der Waals surface area contributed by atoms with E-state index in [1.54, 1.807) is 0 Å². The third-order valence-corrected chi connectivity index (χ3v) is 3.86. The zero-order valence-corrected chi connectivity index (χ0v) is 11.9. The summed E-state index contributed by atoms with van der Waals surface area (Å²) in [6.07, 6.45) is 2.12. The molecule has 0 saturated heterocycles. The summed E-state index contributed by atoms with van der Waals surface area (Å²) in [6, 6.07) is 8.54. The van der Waals surface area contributed by atoms with Crippen LogP contribution in [0.4, 0.5) is 0 Å². The van der Waals surface area contributed by atoms with Crippen LogP contribution in [-0.4, -0.2) is 6.26 Å².